The number of rotatable bonds is 6. The highest BCUT2D eigenvalue weighted by atomic mass is 127. The minimum Gasteiger partial charge on any atom is -0.481 e. The number of urea groups is 1. The monoisotopic (exact) mass is 429 g/mol. The third kappa shape index (κ3) is 6.72. The molecule has 0 unspecified atom stereocenters. The van der Waals surface area contributed by atoms with E-state index in [1.54, 1.807) is 0 Å². The molecule has 2 aliphatic rings. The lowest BCUT2D eigenvalue weighted by Gasteiger charge is -2.16. The van der Waals surface area contributed by atoms with Gasteiger partial charge in [-0.3, -0.25) is 9.59 Å². The number of carboxylic acid groups (broad SMARTS) is 1. The standard InChI is InChI=1S/C10H16N2O3S.C2H4INO/c13-8(14)4-2-1-3-7-9-6(5-16-7)11-10(15)12-9;3-1-2(4)5/h6-7,9H,1-5H2,(H,13,14)(H2,11,12,15);1H2,(H2,4,5)/t6-,7-,9-;/m0./s1. The van der Waals surface area contributed by atoms with Crippen molar-refractivity contribution in [3.05, 3.63) is 0 Å². The van der Waals surface area contributed by atoms with E-state index in [-0.39, 0.29) is 30.4 Å². The Bertz CT molecular complexity index is 397. The molecule has 120 valence electrons. The van der Waals surface area contributed by atoms with Gasteiger partial charge in [-0.25, -0.2) is 4.79 Å². The number of hydrogen-bond acceptors (Lipinski definition) is 4. The number of carbonyl (C=O) groups is 3. The molecule has 2 saturated heterocycles. The van der Waals surface area contributed by atoms with E-state index >= 15 is 0 Å². The van der Waals surface area contributed by atoms with E-state index in [1.165, 1.54) is 0 Å². The second-order valence-corrected chi connectivity index (χ2v) is 6.90. The van der Waals surface area contributed by atoms with Crippen LogP contribution in [0.15, 0.2) is 0 Å². The molecule has 0 aliphatic carbocycles. The second kappa shape index (κ2) is 9.34. The first-order chi connectivity index (χ1) is 9.93. The van der Waals surface area contributed by atoms with Crippen molar-refractivity contribution in [3.63, 3.8) is 0 Å². The third-order valence-electron chi connectivity index (χ3n) is 3.20. The number of alkyl halides is 1. The number of unbranched alkanes of at least 4 members (excludes halogenated alkanes) is 1. The number of carboxylic acids is 1. The number of nitrogens with one attached hydrogen (secondary N) is 2. The van der Waals surface area contributed by atoms with Gasteiger partial charge in [0.2, 0.25) is 5.91 Å². The van der Waals surface area contributed by atoms with E-state index in [0.717, 1.165) is 25.0 Å². The number of nitrogens with two attached hydrogens (primary N) is 1. The number of aliphatic carboxylic acids is 1. The molecule has 21 heavy (non-hydrogen) atoms. The summed E-state index contributed by atoms with van der Waals surface area (Å²) < 4.78 is 0.414. The van der Waals surface area contributed by atoms with Gasteiger partial charge in [-0.1, -0.05) is 29.0 Å². The largest absolute Gasteiger partial charge is 0.481 e. The highest BCUT2D eigenvalue weighted by molar-refractivity contribution is 14.1. The van der Waals surface area contributed by atoms with Crippen LogP contribution in [0.3, 0.4) is 0 Å². The summed E-state index contributed by atoms with van der Waals surface area (Å²) in [5.41, 5.74) is 4.65. The summed E-state index contributed by atoms with van der Waals surface area (Å²) in [6.45, 7) is 0. The van der Waals surface area contributed by atoms with Crippen molar-refractivity contribution in [1.29, 1.82) is 0 Å². The van der Waals surface area contributed by atoms with Gasteiger partial charge in [-0.2, -0.15) is 11.8 Å². The number of carbonyl (C=O) groups excluding carboxylic acids is 2. The molecule has 7 nitrogen and oxygen atoms in total. The predicted octanol–water partition coefficient (Wildman–Crippen LogP) is 0.704. The van der Waals surface area contributed by atoms with Crippen molar-refractivity contribution in [3.8, 4) is 0 Å². The van der Waals surface area contributed by atoms with Gasteiger partial charge >= 0.3 is 12.0 Å². The lowest BCUT2D eigenvalue weighted by atomic mass is 10.0. The van der Waals surface area contributed by atoms with Crippen molar-refractivity contribution in [2.75, 3.05) is 10.2 Å². The second-order valence-electron chi connectivity index (χ2n) is 4.86. The Kier molecular flexibility index (Phi) is 8.15. The quantitative estimate of drug-likeness (QED) is 0.214. The first kappa shape index (κ1) is 18.3. The van der Waals surface area contributed by atoms with Crippen molar-refractivity contribution < 1.29 is 19.5 Å². The van der Waals surface area contributed by atoms with Crippen molar-refractivity contribution >= 4 is 52.3 Å². The molecule has 3 atom stereocenters. The van der Waals surface area contributed by atoms with E-state index in [0.29, 0.717) is 9.68 Å². The maximum atomic E-state index is 11.1. The zero-order valence-electron chi connectivity index (χ0n) is 11.5. The molecule has 5 N–H and O–H groups in total. The van der Waals surface area contributed by atoms with Gasteiger partial charge < -0.3 is 21.5 Å². The van der Waals surface area contributed by atoms with Gasteiger partial charge in [0.15, 0.2) is 0 Å². The molecule has 0 radical (unpaired) electrons. The van der Waals surface area contributed by atoms with Crippen LogP contribution in [0.5, 0.6) is 0 Å². The van der Waals surface area contributed by atoms with E-state index < -0.39 is 5.97 Å². The topological polar surface area (TPSA) is 122 Å². The molecule has 0 aromatic carbocycles. The summed E-state index contributed by atoms with van der Waals surface area (Å²) in [5.74, 6) is -0.0223. The van der Waals surface area contributed by atoms with Gasteiger partial charge in [-0.15, -0.1) is 0 Å². The molecule has 2 aliphatic heterocycles. The summed E-state index contributed by atoms with van der Waals surface area (Å²) in [6, 6.07) is 0.440. The Hall–Kier alpha value is -0.710. The van der Waals surface area contributed by atoms with E-state index in [9.17, 15) is 14.4 Å². The zero-order valence-corrected chi connectivity index (χ0v) is 14.5. The molecule has 3 amide bonds. The maximum Gasteiger partial charge on any atom is 0.315 e. The van der Waals surface area contributed by atoms with Crippen LogP contribution in [0, 0.1) is 0 Å². The highest BCUT2D eigenvalue weighted by Crippen LogP contribution is 2.33. The van der Waals surface area contributed by atoms with Gasteiger partial charge in [0, 0.05) is 17.4 Å². The van der Waals surface area contributed by atoms with E-state index in [2.05, 4.69) is 16.4 Å². The third-order valence-corrected chi connectivity index (χ3v) is 5.46. The zero-order chi connectivity index (χ0) is 15.8. The lowest BCUT2D eigenvalue weighted by molar-refractivity contribution is -0.137. The van der Waals surface area contributed by atoms with Crippen LogP contribution in [0.2, 0.25) is 0 Å². The van der Waals surface area contributed by atoms with Crippen LogP contribution in [0.25, 0.3) is 0 Å². The van der Waals surface area contributed by atoms with Crippen LogP contribution in [0.4, 0.5) is 4.79 Å². The number of hydrogen-bond donors (Lipinski definition) is 4. The smallest absolute Gasteiger partial charge is 0.315 e. The van der Waals surface area contributed by atoms with E-state index in [4.69, 9.17) is 5.11 Å². The maximum absolute atomic E-state index is 11.1. The van der Waals surface area contributed by atoms with Crippen LogP contribution >= 0.6 is 34.4 Å². The summed E-state index contributed by atoms with van der Waals surface area (Å²) in [5, 5.41) is 14.8. The predicted molar refractivity (Wildman–Crippen MR) is 89.7 cm³/mol. The molecule has 0 saturated carbocycles. The fourth-order valence-corrected chi connectivity index (χ4v) is 3.81. The number of primary amides is 1. The van der Waals surface area contributed by atoms with Crippen molar-refractivity contribution in [2.45, 2.75) is 43.0 Å². The number of thioether (sulfide) groups is 1. The van der Waals surface area contributed by atoms with Crippen molar-refractivity contribution in [1.82, 2.24) is 10.6 Å². The highest BCUT2D eigenvalue weighted by Gasteiger charge is 2.42. The number of fused-ring (bicyclic) bond motifs is 1. The molecule has 0 bridgehead atoms. The Morgan fingerprint density at radius 1 is 1.38 bits per heavy atom. The first-order valence-electron chi connectivity index (χ1n) is 6.68. The molecular formula is C12H20IN3O4S. The molecule has 2 heterocycles. The average Bonchev–Trinajstić information content (AvgIpc) is 2.95. The van der Waals surface area contributed by atoms with E-state index in [1.807, 2.05) is 34.4 Å². The summed E-state index contributed by atoms with van der Waals surface area (Å²) >= 11 is 3.77. The SMILES string of the molecule is NC(=O)CI.O=C(O)CCCC[C@@H]1SC[C@@H]2NC(=O)N[C@@H]21. The Balaban J connectivity index is 0.000000383. The number of halogens is 1. The van der Waals surface area contributed by atoms with Crippen molar-refractivity contribution in [2.24, 2.45) is 5.73 Å². The van der Waals surface area contributed by atoms with Gasteiger partial charge in [0.25, 0.3) is 0 Å². The van der Waals surface area contributed by atoms with Gasteiger partial charge in [-0.05, 0) is 12.8 Å². The Morgan fingerprint density at radius 2 is 2.05 bits per heavy atom. The summed E-state index contributed by atoms with van der Waals surface area (Å²) in [6.07, 6.45) is 2.88. The summed E-state index contributed by atoms with van der Waals surface area (Å²) in [7, 11) is 0. The average molecular weight is 429 g/mol. The lowest BCUT2D eigenvalue weighted by Crippen LogP contribution is -2.36. The molecule has 0 spiro atoms. The van der Waals surface area contributed by atoms with Crippen LogP contribution < -0.4 is 16.4 Å². The number of amides is 3. The van der Waals surface area contributed by atoms with Crippen LogP contribution in [0.1, 0.15) is 25.7 Å². The molecule has 2 rings (SSSR count). The molecule has 0 aromatic rings. The van der Waals surface area contributed by atoms with Gasteiger partial charge in [0.05, 0.1) is 16.5 Å². The minimum absolute atomic E-state index is 0.0640. The fourth-order valence-electron chi connectivity index (χ4n) is 2.26. The Morgan fingerprint density at radius 3 is 2.62 bits per heavy atom. The molecule has 0 aromatic heterocycles. The molecule has 9 heteroatoms. The van der Waals surface area contributed by atoms with Crippen LogP contribution in [-0.4, -0.2) is 50.5 Å². The molecular weight excluding hydrogens is 409 g/mol. The normalized spacial score (nSPS) is 26.1. The Labute approximate surface area is 141 Å². The molecule has 2 fully saturated rings. The first-order valence-corrected chi connectivity index (χ1v) is 9.26. The fraction of sp³-hybridized carbons (Fsp3) is 0.750. The van der Waals surface area contributed by atoms with Gasteiger partial charge in [0.1, 0.15) is 0 Å². The van der Waals surface area contributed by atoms with Crippen LogP contribution in [-0.2, 0) is 9.59 Å². The summed E-state index contributed by atoms with van der Waals surface area (Å²) in [4.78, 5) is 31.0. The minimum atomic E-state index is -0.729.